The zero-order valence-corrected chi connectivity index (χ0v) is 18.5. The minimum Gasteiger partial charge on any atom is -0.468 e. The third-order valence-electron chi connectivity index (χ3n) is 6.05. The van der Waals surface area contributed by atoms with E-state index in [0.29, 0.717) is 35.4 Å². The van der Waals surface area contributed by atoms with Crippen molar-refractivity contribution in [1.29, 1.82) is 0 Å². The number of benzene rings is 1. The first-order valence-corrected chi connectivity index (χ1v) is 10.5. The summed E-state index contributed by atoms with van der Waals surface area (Å²) in [7, 11) is 1.25. The molecule has 0 fully saturated rings. The van der Waals surface area contributed by atoms with Crippen LogP contribution in [-0.2, 0) is 23.9 Å². The van der Waals surface area contributed by atoms with Crippen molar-refractivity contribution in [2.24, 2.45) is 11.8 Å². The summed E-state index contributed by atoms with van der Waals surface area (Å²) in [5.74, 6) is -3.94. The van der Waals surface area contributed by atoms with Crippen LogP contribution >= 0.6 is 0 Å². The highest BCUT2D eigenvalue weighted by Gasteiger charge is 2.47. The van der Waals surface area contributed by atoms with Crippen molar-refractivity contribution < 1.29 is 28.2 Å². The summed E-state index contributed by atoms with van der Waals surface area (Å²) in [6, 6.07) is 5.69. The average molecular weight is 429 g/mol. The van der Waals surface area contributed by atoms with Gasteiger partial charge < -0.3 is 14.8 Å². The molecule has 0 unspecified atom stereocenters. The smallest absolute Gasteiger partial charge is 0.337 e. The summed E-state index contributed by atoms with van der Waals surface area (Å²) in [4.78, 5) is 39.0. The van der Waals surface area contributed by atoms with E-state index in [1.807, 2.05) is 13.8 Å². The molecule has 0 amide bonds. The van der Waals surface area contributed by atoms with Crippen LogP contribution in [0.3, 0.4) is 0 Å². The van der Waals surface area contributed by atoms with Gasteiger partial charge in [0.05, 0.1) is 18.8 Å². The summed E-state index contributed by atoms with van der Waals surface area (Å²) in [5, 5.41) is 3.20. The van der Waals surface area contributed by atoms with Crippen molar-refractivity contribution in [3.05, 3.63) is 58.2 Å². The van der Waals surface area contributed by atoms with Gasteiger partial charge in [0.15, 0.2) is 5.78 Å². The fraction of sp³-hybridized carbons (Fsp3) is 0.458. The van der Waals surface area contributed by atoms with E-state index in [2.05, 4.69) is 5.32 Å². The number of ketones is 1. The Hall–Kier alpha value is -2.96. The number of allylic oxidation sites excluding steroid dienone is 3. The first kappa shape index (κ1) is 22.7. The lowest BCUT2D eigenvalue weighted by molar-refractivity contribution is -0.151. The van der Waals surface area contributed by atoms with E-state index in [1.54, 1.807) is 26.0 Å². The number of ether oxygens (including phenoxy) is 2. The van der Waals surface area contributed by atoms with Crippen LogP contribution in [0.4, 0.5) is 4.39 Å². The van der Waals surface area contributed by atoms with Crippen LogP contribution in [0.5, 0.6) is 0 Å². The molecule has 1 heterocycles. The molecule has 0 aromatic heterocycles. The Bertz CT molecular complexity index is 963. The third-order valence-corrected chi connectivity index (χ3v) is 6.05. The molecule has 1 N–H and O–H groups in total. The van der Waals surface area contributed by atoms with Gasteiger partial charge in [0.25, 0.3) is 0 Å². The molecule has 7 heteroatoms. The van der Waals surface area contributed by atoms with Gasteiger partial charge in [-0.25, -0.2) is 9.18 Å². The average Bonchev–Trinajstić information content (AvgIpc) is 2.72. The third kappa shape index (κ3) is 4.27. The Morgan fingerprint density at radius 3 is 2.48 bits per heavy atom. The van der Waals surface area contributed by atoms with Gasteiger partial charge in [0, 0.05) is 22.9 Å². The maximum atomic E-state index is 13.6. The molecule has 4 atom stereocenters. The molecule has 31 heavy (non-hydrogen) atoms. The van der Waals surface area contributed by atoms with Crippen molar-refractivity contribution in [2.75, 3.05) is 7.11 Å². The monoisotopic (exact) mass is 429 g/mol. The highest BCUT2D eigenvalue weighted by Crippen LogP contribution is 2.45. The van der Waals surface area contributed by atoms with Crippen LogP contribution in [0.15, 0.2) is 46.8 Å². The predicted molar refractivity (Wildman–Crippen MR) is 112 cm³/mol. The quantitative estimate of drug-likeness (QED) is 0.567. The lowest BCUT2D eigenvalue weighted by atomic mass is 9.69. The number of rotatable bonds is 5. The van der Waals surface area contributed by atoms with Crippen LogP contribution < -0.4 is 5.32 Å². The first-order valence-electron chi connectivity index (χ1n) is 10.5. The van der Waals surface area contributed by atoms with Crippen molar-refractivity contribution in [1.82, 2.24) is 5.32 Å². The van der Waals surface area contributed by atoms with Crippen molar-refractivity contribution in [2.45, 2.75) is 52.6 Å². The second kappa shape index (κ2) is 9.04. The fourth-order valence-electron chi connectivity index (χ4n) is 4.27. The minimum absolute atomic E-state index is 0.263. The van der Waals surface area contributed by atoms with Crippen LogP contribution in [0.2, 0.25) is 0 Å². The molecule has 1 aliphatic heterocycles. The van der Waals surface area contributed by atoms with Gasteiger partial charge in [-0.05, 0) is 50.3 Å². The number of dihydropyridines is 1. The second-order valence-electron chi connectivity index (χ2n) is 8.21. The Labute approximate surface area is 181 Å². The van der Waals surface area contributed by atoms with Crippen LogP contribution in [0.25, 0.3) is 0 Å². The molecule has 6 nitrogen and oxygen atoms in total. The van der Waals surface area contributed by atoms with Crippen molar-refractivity contribution >= 4 is 17.7 Å². The van der Waals surface area contributed by atoms with Crippen molar-refractivity contribution in [3.8, 4) is 0 Å². The van der Waals surface area contributed by atoms with Crippen LogP contribution in [0.1, 0.15) is 52.0 Å². The Balaban J connectivity index is 2.15. The van der Waals surface area contributed by atoms with Gasteiger partial charge in [-0.15, -0.1) is 0 Å². The summed E-state index contributed by atoms with van der Waals surface area (Å²) in [5.41, 5.74) is 2.46. The van der Waals surface area contributed by atoms with Gasteiger partial charge >= 0.3 is 11.9 Å². The predicted octanol–water partition coefficient (Wildman–Crippen LogP) is 3.78. The number of halogens is 1. The molecule has 1 aromatic rings. The number of nitrogens with one attached hydrogen (secondary N) is 1. The minimum atomic E-state index is -0.959. The molecule has 2 aliphatic rings. The lowest BCUT2D eigenvalue weighted by Crippen LogP contribution is -2.43. The van der Waals surface area contributed by atoms with E-state index < -0.39 is 29.6 Å². The summed E-state index contributed by atoms with van der Waals surface area (Å²) < 4.78 is 24.1. The molecule has 1 aromatic carbocycles. The van der Waals surface area contributed by atoms with E-state index in [-0.39, 0.29) is 23.4 Å². The topological polar surface area (TPSA) is 81.7 Å². The SMILES string of the molecule is CC[C@H](C)OC(=O)C1=C(C)NC2=C(C(=O)[C@H](C(=O)OC)[C@H](C)C2)[C@@H]1c1ccc(F)cc1. The van der Waals surface area contributed by atoms with E-state index in [4.69, 9.17) is 9.47 Å². The summed E-state index contributed by atoms with van der Waals surface area (Å²) in [6.45, 7) is 7.28. The Morgan fingerprint density at radius 1 is 1.26 bits per heavy atom. The standard InChI is InChI=1S/C24H28FNO5/c1-6-13(3)31-24(29)19-14(4)26-17-11-12(2)18(23(28)30-5)22(27)21(17)20(19)15-7-9-16(25)10-8-15/h7-10,12-13,18,20,26H,6,11H2,1-5H3/t12-,13+,18-,20-/m1/s1. The first-order chi connectivity index (χ1) is 14.7. The number of carbonyl (C=O) groups excluding carboxylic acids is 3. The molecule has 0 bridgehead atoms. The van der Waals surface area contributed by atoms with Gasteiger partial charge in [-0.3, -0.25) is 9.59 Å². The van der Waals surface area contributed by atoms with Gasteiger partial charge in [0.2, 0.25) is 0 Å². The molecule has 1 aliphatic carbocycles. The lowest BCUT2D eigenvalue weighted by Gasteiger charge is -2.38. The maximum Gasteiger partial charge on any atom is 0.337 e. The van der Waals surface area contributed by atoms with Crippen molar-refractivity contribution in [3.63, 3.8) is 0 Å². The molecule has 3 rings (SSSR count). The number of carbonyl (C=O) groups is 3. The highest BCUT2D eigenvalue weighted by atomic mass is 19.1. The number of esters is 2. The molecule has 166 valence electrons. The largest absolute Gasteiger partial charge is 0.468 e. The van der Waals surface area contributed by atoms with Crippen LogP contribution in [-0.4, -0.2) is 30.9 Å². The number of Topliss-reactive ketones (excluding diaryl/α,β-unsaturated/α-hetero) is 1. The molecule has 0 saturated carbocycles. The zero-order valence-electron chi connectivity index (χ0n) is 18.5. The Morgan fingerprint density at radius 2 is 1.90 bits per heavy atom. The van der Waals surface area contributed by atoms with Gasteiger partial charge in [-0.2, -0.15) is 0 Å². The Kier molecular flexibility index (Phi) is 6.62. The number of methoxy groups -OCH3 is 1. The van der Waals surface area contributed by atoms with Gasteiger partial charge in [0.1, 0.15) is 11.7 Å². The van der Waals surface area contributed by atoms with E-state index in [0.717, 1.165) is 0 Å². The molecule has 0 radical (unpaired) electrons. The molecular weight excluding hydrogens is 401 g/mol. The van der Waals surface area contributed by atoms with E-state index >= 15 is 0 Å². The normalized spacial score (nSPS) is 24.3. The number of hydrogen-bond donors (Lipinski definition) is 1. The number of hydrogen-bond acceptors (Lipinski definition) is 6. The molecule has 0 spiro atoms. The van der Waals surface area contributed by atoms with E-state index in [1.165, 1.54) is 19.2 Å². The summed E-state index contributed by atoms with van der Waals surface area (Å²) in [6.07, 6.45) is 0.785. The second-order valence-corrected chi connectivity index (χ2v) is 8.21. The fourth-order valence-corrected chi connectivity index (χ4v) is 4.27. The molecule has 0 saturated heterocycles. The summed E-state index contributed by atoms with van der Waals surface area (Å²) >= 11 is 0. The highest BCUT2D eigenvalue weighted by molar-refractivity contribution is 6.12. The van der Waals surface area contributed by atoms with Gasteiger partial charge in [-0.1, -0.05) is 26.0 Å². The maximum absolute atomic E-state index is 13.6. The zero-order chi connectivity index (χ0) is 22.9. The molecular formula is C24H28FNO5. The van der Waals surface area contributed by atoms with E-state index in [9.17, 15) is 18.8 Å². The van der Waals surface area contributed by atoms with Crippen LogP contribution in [0, 0.1) is 17.7 Å².